The van der Waals surface area contributed by atoms with Gasteiger partial charge >= 0.3 is 0 Å². The first-order valence-corrected chi connectivity index (χ1v) is 12.7. The van der Waals surface area contributed by atoms with Crippen LogP contribution < -0.4 is 15.0 Å². The number of benzene rings is 4. The van der Waals surface area contributed by atoms with Gasteiger partial charge in [0.15, 0.2) is 0 Å². The molecule has 0 radical (unpaired) electrons. The summed E-state index contributed by atoms with van der Waals surface area (Å²) in [6.07, 6.45) is 1.26. The Kier molecular flexibility index (Phi) is 10.7. The number of anilines is 1. The summed E-state index contributed by atoms with van der Waals surface area (Å²) in [5.41, 5.74) is 5.77. The fourth-order valence-electron chi connectivity index (χ4n) is 4.08. The average Bonchev–Trinajstić information content (AvgIpc) is 2.96. The number of nitrogens with one attached hydrogen (secondary N) is 1. The number of hydrogen-bond donors (Lipinski definition) is 1. The van der Waals surface area contributed by atoms with Crippen LogP contribution in [0.5, 0.6) is 5.75 Å². The van der Waals surface area contributed by atoms with Crippen LogP contribution in [0, 0.1) is 6.92 Å². The lowest BCUT2D eigenvalue weighted by atomic mass is 10.0. The number of ether oxygens (including phenoxy) is 1. The summed E-state index contributed by atoms with van der Waals surface area (Å²) < 4.78 is 5.14. The molecule has 0 spiro atoms. The predicted octanol–water partition coefficient (Wildman–Crippen LogP) is 7.20. The molecular weight excluding hydrogens is 472 g/mol. The highest BCUT2D eigenvalue weighted by Gasteiger charge is 2.23. The van der Waals surface area contributed by atoms with Gasteiger partial charge in [-0.3, -0.25) is 9.59 Å². The zero-order valence-electron chi connectivity index (χ0n) is 22.6. The molecule has 0 unspecified atom stereocenters. The number of amides is 2. The van der Waals surface area contributed by atoms with E-state index in [0.29, 0.717) is 12.8 Å². The highest BCUT2D eigenvalue weighted by Crippen LogP contribution is 2.20. The maximum atomic E-state index is 12.8. The highest BCUT2D eigenvalue weighted by molar-refractivity contribution is 5.98. The molecule has 0 aromatic heterocycles. The van der Waals surface area contributed by atoms with E-state index in [1.807, 2.05) is 48.5 Å². The van der Waals surface area contributed by atoms with Gasteiger partial charge in [0.25, 0.3) is 0 Å². The summed E-state index contributed by atoms with van der Waals surface area (Å²) in [7, 11) is 3.31. The molecular formula is C33H42N2O3. The van der Waals surface area contributed by atoms with Crippen molar-refractivity contribution in [3.63, 3.8) is 0 Å². The van der Waals surface area contributed by atoms with Crippen LogP contribution in [0.15, 0.2) is 109 Å². The molecule has 0 aliphatic rings. The largest absolute Gasteiger partial charge is 0.497 e. The molecule has 0 aliphatic carbocycles. The van der Waals surface area contributed by atoms with E-state index in [0.717, 1.165) is 17.0 Å². The van der Waals surface area contributed by atoms with Gasteiger partial charge in [0.2, 0.25) is 11.8 Å². The van der Waals surface area contributed by atoms with Gasteiger partial charge < -0.3 is 15.0 Å². The second kappa shape index (κ2) is 14.4. The third kappa shape index (κ3) is 8.63. The van der Waals surface area contributed by atoms with Gasteiger partial charge in [0.05, 0.1) is 7.11 Å². The van der Waals surface area contributed by atoms with Gasteiger partial charge in [-0.25, -0.2) is 0 Å². The van der Waals surface area contributed by atoms with Crippen molar-refractivity contribution in [1.29, 1.82) is 0 Å². The zero-order chi connectivity index (χ0) is 27.3. The molecule has 38 heavy (non-hydrogen) atoms. The van der Waals surface area contributed by atoms with Crippen molar-refractivity contribution in [2.24, 2.45) is 0 Å². The first kappa shape index (κ1) is 28.2. The lowest BCUT2D eigenvalue weighted by molar-refractivity contribution is -0.126. The first-order valence-electron chi connectivity index (χ1n) is 12.7. The summed E-state index contributed by atoms with van der Waals surface area (Å²) in [6.45, 7) is 3.54. The topological polar surface area (TPSA) is 58.6 Å². The van der Waals surface area contributed by atoms with E-state index in [4.69, 9.17) is 4.74 Å². The van der Waals surface area contributed by atoms with E-state index < -0.39 is 6.04 Å². The number of nitrogens with zero attached hydrogens (tertiary/aromatic N) is 1. The molecule has 4 aromatic rings. The normalized spacial score (nSPS) is 10.9. The number of aryl methyl sites for hydroxylation is 2. The second-order valence-corrected chi connectivity index (χ2v) is 9.11. The summed E-state index contributed by atoms with van der Waals surface area (Å²) in [5, 5.41) is 2.77. The van der Waals surface area contributed by atoms with Crippen molar-refractivity contribution >= 4 is 17.5 Å². The Labute approximate surface area is 230 Å². The molecule has 0 saturated carbocycles. The van der Waals surface area contributed by atoms with Crippen LogP contribution in [-0.2, 0) is 16.0 Å². The number of likely N-dealkylation sites (N-methyl/N-ethyl adjacent to an activating group) is 1. The molecule has 0 heterocycles. The quantitative estimate of drug-likeness (QED) is 0.271. The Morgan fingerprint density at radius 2 is 1.45 bits per heavy atom. The third-order valence-corrected chi connectivity index (χ3v) is 6.16. The lowest BCUT2D eigenvalue weighted by Gasteiger charge is -2.24. The molecule has 5 heteroatoms. The standard InChI is InChI=1S/C20H24N2O3.C13H12.3H2/c1-15(23)21-19(14-9-16-7-5-4-6-8-16)20(24)22(2)17-10-12-18(25-3)13-11-17;1-11-6-5-9-13(10-11)12-7-3-2-4-8-12;;;/h4-8,10-13,19H,9,14H2,1-3H3,(H,21,23);2-10H,1H3;3*1H/t19-;;;;/m0..../s1. The Morgan fingerprint density at radius 1 is 0.842 bits per heavy atom. The van der Waals surface area contributed by atoms with Crippen molar-refractivity contribution < 1.29 is 18.6 Å². The van der Waals surface area contributed by atoms with E-state index >= 15 is 0 Å². The minimum atomic E-state index is -0.565. The zero-order valence-corrected chi connectivity index (χ0v) is 22.6. The van der Waals surface area contributed by atoms with Gasteiger partial charge in [0, 0.05) is 23.9 Å². The van der Waals surface area contributed by atoms with Crippen LogP contribution in [0.3, 0.4) is 0 Å². The van der Waals surface area contributed by atoms with E-state index in [1.165, 1.54) is 23.6 Å². The van der Waals surface area contributed by atoms with E-state index in [2.05, 4.69) is 60.8 Å². The fourth-order valence-corrected chi connectivity index (χ4v) is 4.08. The molecule has 0 saturated heterocycles. The lowest BCUT2D eigenvalue weighted by Crippen LogP contribution is -2.47. The Bertz CT molecular complexity index is 1300. The summed E-state index contributed by atoms with van der Waals surface area (Å²) in [6, 6.07) is 35.6. The molecule has 1 atom stereocenters. The van der Waals surface area contributed by atoms with Gasteiger partial charge in [-0.05, 0) is 60.7 Å². The van der Waals surface area contributed by atoms with E-state index in [-0.39, 0.29) is 16.1 Å². The molecule has 1 N–H and O–H groups in total. The Hall–Kier alpha value is -4.38. The molecule has 5 nitrogen and oxygen atoms in total. The summed E-state index contributed by atoms with van der Waals surface area (Å²) in [4.78, 5) is 25.9. The molecule has 202 valence electrons. The first-order chi connectivity index (χ1) is 18.4. The van der Waals surface area contributed by atoms with Crippen molar-refractivity contribution in [1.82, 2.24) is 5.32 Å². The smallest absolute Gasteiger partial charge is 0.249 e. The van der Waals surface area contributed by atoms with Gasteiger partial charge in [-0.1, -0.05) is 90.5 Å². The Balaban J connectivity index is 0.000000850. The van der Waals surface area contributed by atoms with Gasteiger partial charge in [-0.15, -0.1) is 0 Å². The van der Waals surface area contributed by atoms with Crippen molar-refractivity contribution in [3.8, 4) is 16.9 Å². The number of rotatable bonds is 8. The van der Waals surface area contributed by atoms with Crippen LogP contribution in [0.1, 0.15) is 28.8 Å². The predicted molar refractivity (Wildman–Crippen MR) is 162 cm³/mol. The maximum Gasteiger partial charge on any atom is 0.249 e. The minimum Gasteiger partial charge on any atom is -0.497 e. The maximum absolute atomic E-state index is 12.8. The van der Waals surface area contributed by atoms with Crippen LogP contribution in [0.2, 0.25) is 0 Å². The van der Waals surface area contributed by atoms with Crippen LogP contribution in [-0.4, -0.2) is 32.0 Å². The monoisotopic (exact) mass is 514 g/mol. The number of hydrogen-bond acceptors (Lipinski definition) is 3. The van der Waals surface area contributed by atoms with Crippen molar-refractivity contribution in [2.45, 2.75) is 32.7 Å². The van der Waals surface area contributed by atoms with Crippen molar-refractivity contribution in [3.05, 3.63) is 120 Å². The fraction of sp³-hybridized carbons (Fsp3) is 0.212. The van der Waals surface area contributed by atoms with Crippen LogP contribution in [0.4, 0.5) is 5.69 Å². The van der Waals surface area contributed by atoms with Crippen molar-refractivity contribution in [2.75, 3.05) is 19.1 Å². The third-order valence-electron chi connectivity index (χ3n) is 6.16. The molecule has 0 bridgehead atoms. The molecule has 4 rings (SSSR count). The Morgan fingerprint density at radius 3 is 2.03 bits per heavy atom. The minimum absolute atomic E-state index is 0. The van der Waals surface area contributed by atoms with Crippen LogP contribution >= 0.6 is 0 Å². The van der Waals surface area contributed by atoms with E-state index in [1.54, 1.807) is 31.2 Å². The average molecular weight is 515 g/mol. The van der Waals surface area contributed by atoms with Gasteiger partial charge in [-0.2, -0.15) is 0 Å². The summed E-state index contributed by atoms with van der Waals surface area (Å²) in [5.74, 6) is 0.373. The highest BCUT2D eigenvalue weighted by atomic mass is 16.5. The number of carbonyl (C=O) groups is 2. The van der Waals surface area contributed by atoms with Crippen LogP contribution in [0.25, 0.3) is 11.1 Å². The number of carbonyl (C=O) groups excluding carboxylic acids is 2. The molecule has 4 aromatic carbocycles. The SMILES string of the molecule is COc1ccc(N(C)C(=O)[C@H](CCc2ccccc2)NC(C)=O)cc1.Cc1cccc(-c2ccccc2)c1.[HH].[HH].[HH]. The molecule has 0 aliphatic heterocycles. The van der Waals surface area contributed by atoms with E-state index in [9.17, 15) is 9.59 Å². The molecule has 2 amide bonds. The molecule has 0 fully saturated rings. The van der Waals surface area contributed by atoms with Gasteiger partial charge in [0.1, 0.15) is 11.8 Å². The number of methoxy groups -OCH3 is 1. The summed E-state index contributed by atoms with van der Waals surface area (Å²) >= 11 is 0. The second-order valence-electron chi connectivity index (χ2n) is 9.11.